The van der Waals surface area contributed by atoms with Crippen LogP contribution in [-0.4, -0.2) is 42.4 Å². The van der Waals surface area contributed by atoms with Gasteiger partial charge in [-0.25, -0.2) is 0 Å². The van der Waals surface area contributed by atoms with E-state index in [-0.39, 0.29) is 0 Å². The maximum Gasteiger partial charge on any atom is 0.119 e. The van der Waals surface area contributed by atoms with E-state index in [0.717, 1.165) is 22.4 Å². The van der Waals surface area contributed by atoms with Gasteiger partial charge in [-0.05, 0) is 49.6 Å². The number of thioether (sulfide) groups is 1. The zero-order valence-corrected chi connectivity index (χ0v) is 13.8. The Labute approximate surface area is 128 Å². The van der Waals surface area contributed by atoms with E-state index >= 15 is 0 Å². The summed E-state index contributed by atoms with van der Waals surface area (Å²) in [5.74, 6) is 1.91. The molecule has 5 heteroatoms. The molecule has 0 heterocycles. The fourth-order valence-electron chi connectivity index (χ4n) is 1.52. The quantitative estimate of drug-likeness (QED) is 0.720. The molecule has 2 N–H and O–H groups in total. The number of halogens is 1. The molecule has 0 aliphatic carbocycles. The molecule has 0 saturated heterocycles. The Morgan fingerprint density at radius 1 is 1.37 bits per heavy atom. The Morgan fingerprint density at radius 2 is 2.05 bits per heavy atom. The number of ether oxygens (including phenoxy) is 1. The highest BCUT2D eigenvalue weighted by Crippen LogP contribution is 2.16. The molecule has 1 aromatic carbocycles. The van der Waals surface area contributed by atoms with Gasteiger partial charge in [0, 0.05) is 17.1 Å². The second kappa shape index (κ2) is 9.64. The van der Waals surface area contributed by atoms with Gasteiger partial charge in [-0.2, -0.15) is 11.8 Å². The molecule has 0 saturated carbocycles. The van der Waals surface area contributed by atoms with Crippen molar-refractivity contribution in [1.82, 2.24) is 5.32 Å². The number of benzene rings is 1. The maximum absolute atomic E-state index is 9.84. The molecule has 0 spiro atoms. The van der Waals surface area contributed by atoms with Crippen molar-refractivity contribution in [3.8, 4) is 5.75 Å². The SMILES string of the molecule is CSCCC(C)NCC(O)COc1ccc(Br)cc1. The van der Waals surface area contributed by atoms with Crippen LogP contribution in [0.2, 0.25) is 0 Å². The summed E-state index contributed by atoms with van der Waals surface area (Å²) in [7, 11) is 0. The second-order valence-electron chi connectivity index (χ2n) is 4.51. The van der Waals surface area contributed by atoms with Crippen LogP contribution in [0.25, 0.3) is 0 Å². The summed E-state index contributed by atoms with van der Waals surface area (Å²) in [6.07, 6.45) is 2.73. The minimum absolute atomic E-state index is 0.309. The Balaban J connectivity index is 2.17. The topological polar surface area (TPSA) is 41.5 Å². The molecular formula is C14H22BrNO2S. The summed E-state index contributed by atoms with van der Waals surface area (Å²) in [6.45, 7) is 3.01. The Bertz CT molecular complexity index is 348. The van der Waals surface area contributed by atoms with E-state index < -0.39 is 6.10 Å². The second-order valence-corrected chi connectivity index (χ2v) is 6.41. The number of hydrogen-bond donors (Lipinski definition) is 2. The van der Waals surface area contributed by atoms with Crippen LogP contribution in [-0.2, 0) is 0 Å². The molecule has 2 atom stereocenters. The molecule has 1 rings (SSSR count). The third-order valence-electron chi connectivity index (χ3n) is 2.71. The number of nitrogens with one attached hydrogen (secondary N) is 1. The molecule has 108 valence electrons. The fourth-order valence-corrected chi connectivity index (χ4v) is 2.37. The molecule has 0 aliphatic rings. The number of rotatable bonds is 9. The summed E-state index contributed by atoms with van der Waals surface area (Å²) >= 11 is 5.21. The monoisotopic (exact) mass is 347 g/mol. The van der Waals surface area contributed by atoms with Crippen molar-refractivity contribution in [2.45, 2.75) is 25.5 Å². The average molecular weight is 348 g/mol. The van der Waals surface area contributed by atoms with E-state index in [9.17, 15) is 5.11 Å². The molecule has 3 nitrogen and oxygen atoms in total. The molecule has 1 aromatic rings. The Morgan fingerprint density at radius 3 is 2.68 bits per heavy atom. The molecule has 19 heavy (non-hydrogen) atoms. The Hall–Kier alpha value is -0.230. The third kappa shape index (κ3) is 7.82. The predicted octanol–water partition coefficient (Wildman–Crippen LogP) is 2.92. The van der Waals surface area contributed by atoms with E-state index in [0.29, 0.717) is 19.2 Å². The first-order valence-electron chi connectivity index (χ1n) is 6.40. The maximum atomic E-state index is 9.84. The summed E-state index contributed by atoms with van der Waals surface area (Å²) in [5.41, 5.74) is 0. The lowest BCUT2D eigenvalue weighted by Crippen LogP contribution is -2.36. The molecule has 2 unspecified atom stereocenters. The normalized spacial score (nSPS) is 14.1. The van der Waals surface area contributed by atoms with Crippen molar-refractivity contribution >= 4 is 27.7 Å². The molecule has 0 radical (unpaired) electrons. The van der Waals surface area contributed by atoms with Crippen LogP contribution < -0.4 is 10.1 Å². The van der Waals surface area contributed by atoms with Crippen LogP contribution in [0, 0.1) is 0 Å². The average Bonchev–Trinajstić information content (AvgIpc) is 2.42. The molecular weight excluding hydrogens is 326 g/mol. The molecule has 0 aromatic heterocycles. The predicted molar refractivity (Wildman–Crippen MR) is 86.1 cm³/mol. The van der Waals surface area contributed by atoms with E-state index in [1.807, 2.05) is 36.0 Å². The first-order chi connectivity index (χ1) is 9.11. The van der Waals surface area contributed by atoms with Gasteiger partial charge in [0.15, 0.2) is 0 Å². The number of aliphatic hydroxyl groups excluding tert-OH is 1. The van der Waals surface area contributed by atoms with Crippen LogP contribution >= 0.6 is 27.7 Å². The van der Waals surface area contributed by atoms with Crippen molar-refractivity contribution in [2.24, 2.45) is 0 Å². The third-order valence-corrected chi connectivity index (χ3v) is 3.89. The lowest BCUT2D eigenvalue weighted by atomic mass is 10.2. The minimum atomic E-state index is -0.486. The standard InChI is InChI=1S/C14H22BrNO2S/c1-11(7-8-19-2)16-9-13(17)10-18-14-5-3-12(15)4-6-14/h3-6,11,13,16-17H,7-10H2,1-2H3. The Kier molecular flexibility index (Phi) is 8.53. The van der Waals surface area contributed by atoms with Gasteiger partial charge in [-0.1, -0.05) is 15.9 Å². The van der Waals surface area contributed by atoms with Crippen molar-refractivity contribution in [3.05, 3.63) is 28.7 Å². The van der Waals surface area contributed by atoms with Crippen LogP contribution in [0.15, 0.2) is 28.7 Å². The summed E-state index contributed by atoms with van der Waals surface area (Å²) in [4.78, 5) is 0. The van der Waals surface area contributed by atoms with Gasteiger partial charge in [0.1, 0.15) is 18.5 Å². The highest BCUT2D eigenvalue weighted by molar-refractivity contribution is 9.10. The first kappa shape index (κ1) is 16.8. The minimum Gasteiger partial charge on any atom is -0.491 e. The van der Waals surface area contributed by atoms with Gasteiger partial charge >= 0.3 is 0 Å². The molecule has 0 amide bonds. The van der Waals surface area contributed by atoms with Gasteiger partial charge in [0.05, 0.1) is 0 Å². The van der Waals surface area contributed by atoms with Gasteiger partial charge in [0.25, 0.3) is 0 Å². The highest BCUT2D eigenvalue weighted by Gasteiger charge is 2.07. The van der Waals surface area contributed by atoms with Gasteiger partial charge in [-0.15, -0.1) is 0 Å². The zero-order valence-electron chi connectivity index (χ0n) is 11.4. The summed E-state index contributed by atoms with van der Waals surface area (Å²) in [6, 6.07) is 8.03. The summed E-state index contributed by atoms with van der Waals surface area (Å²) < 4.78 is 6.54. The first-order valence-corrected chi connectivity index (χ1v) is 8.59. The molecule has 0 bridgehead atoms. The van der Waals surface area contributed by atoms with Gasteiger partial charge in [0.2, 0.25) is 0 Å². The van der Waals surface area contributed by atoms with Gasteiger partial charge < -0.3 is 15.2 Å². The van der Waals surface area contributed by atoms with Crippen molar-refractivity contribution in [1.29, 1.82) is 0 Å². The van der Waals surface area contributed by atoms with E-state index in [2.05, 4.69) is 34.4 Å². The van der Waals surface area contributed by atoms with E-state index in [4.69, 9.17) is 4.74 Å². The van der Waals surface area contributed by atoms with Crippen LogP contribution in [0.4, 0.5) is 0 Å². The zero-order chi connectivity index (χ0) is 14.1. The van der Waals surface area contributed by atoms with Crippen molar-refractivity contribution < 1.29 is 9.84 Å². The number of hydrogen-bond acceptors (Lipinski definition) is 4. The van der Waals surface area contributed by atoms with Gasteiger partial charge in [-0.3, -0.25) is 0 Å². The van der Waals surface area contributed by atoms with Crippen LogP contribution in [0.1, 0.15) is 13.3 Å². The van der Waals surface area contributed by atoms with Crippen LogP contribution in [0.3, 0.4) is 0 Å². The lowest BCUT2D eigenvalue weighted by Gasteiger charge is -2.17. The van der Waals surface area contributed by atoms with Crippen molar-refractivity contribution in [2.75, 3.05) is 25.2 Å². The smallest absolute Gasteiger partial charge is 0.119 e. The molecule has 0 fully saturated rings. The highest BCUT2D eigenvalue weighted by atomic mass is 79.9. The number of aliphatic hydroxyl groups is 1. The van der Waals surface area contributed by atoms with E-state index in [1.54, 1.807) is 0 Å². The fraction of sp³-hybridized carbons (Fsp3) is 0.571. The lowest BCUT2D eigenvalue weighted by molar-refractivity contribution is 0.104. The van der Waals surface area contributed by atoms with Crippen LogP contribution in [0.5, 0.6) is 5.75 Å². The van der Waals surface area contributed by atoms with Crippen molar-refractivity contribution in [3.63, 3.8) is 0 Å². The van der Waals surface area contributed by atoms with E-state index in [1.165, 1.54) is 0 Å². The summed E-state index contributed by atoms with van der Waals surface area (Å²) in [5, 5.41) is 13.1. The molecule has 0 aliphatic heterocycles. The largest absolute Gasteiger partial charge is 0.491 e.